The Labute approximate surface area is 127 Å². The molecule has 0 radical (unpaired) electrons. The quantitative estimate of drug-likeness (QED) is 0.728. The standard InChI is InChI=1S/C17H16N2O3/c1-19-13-8-4-2-6-11(13)10-15(16(19)20)22-17-18-12-7-3-5-9-14(12)21-17/h3,5,7,9-10H,2,4,6,8H2,1H3. The summed E-state index contributed by atoms with van der Waals surface area (Å²) in [4.78, 5) is 16.7. The van der Waals surface area contributed by atoms with Gasteiger partial charge in [0.25, 0.3) is 5.56 Å². The summed E-state index contributed by atoms with van der Waals surface area (Å²) < 4.78 is 12.8. The molecule has 1 aromatic carbocycles. The third-order valence-corrected chi connectivity index (χ3v) is 4.18. The average Bonchev–Trinajstić information content (AvgIpc) is 2.95. The molecule has 4 rings (SSSR count). The predicted octanol–water partition coefficient (Wildman–Crippen LogP) is 3.20. The molecule has 1 aliphatic carbocycles. The van der Waals surface area contributed by atoms with Gasteiger partial charge in [0.15, 0.2) is 11.3 Å². The van der Waals surface area contributed by atoms with E-state index in [2.05, 4.69) is 4.98 Å². The lowest BCUT2D eigenvalue weighted by atomic mass is 9.95. The number of rotatable bonds is 2. The summed E-state index contributed by atoms with van der Waals surface area (Å²) in [6.45, 7) is 0. The molecule has 0 fully saturated rings. The number of ether oxygens (including phenoxy) is 1. The van der Waals surface area contributed by atoms with Gasteiger partial charge in [-0.15, -0.1) is 0 Å². The molecule has 0 unspecified atom stereocenters. The molecule has 0 spiro atoms. The number of aryl methyl sites for hydroxylation is 1. The van der Waals surface area contributed by atoms with Crippen molar-refractivity contribution in [3.05, 3.63) is 51.9 Å². The molecular formula is C17H16N2O3. The molecular weight excluding hydrogens is 280 g/mol. The lowest BCUT2D eigenvalue weighted by molar-refractivity contribution is 0.336. The second kappa shape index (κ2) is 5.02. The van der Waals surface area contributed by atoms with Crippen molar-refractivity contribution < 1.29 is 9.15 Å². The van der Waals surface area contributed by atoms with Crippen molar-refractivity contribution in [1.29, 1.82) is 0 Å². The summed E-state index contributed by atoms with van der Waals surface area (Å²) in [7, 11) is 1.80. The molecule has 2 heterocycles. The number of pyridine rings is 1. The van der Waals surface area contributed by atoms with Gasteiger partial charge in [-0.3, -0.25) is 4.79 Å². The van der Waals surface area contributed by atoms with Gasteiger partial charge in [-0.1, -0.05) is 12.1 Å². The molecule has 0 saturated carbocycles. The number of aromatic nitrogens is 2. The topological polar surface area (TPSA) is 57.3 Å². The summed E-state index contributed by atoms with van der Waals surface area (Å²) in [6, 6.07) is 9.25. The number of fused-ring (bicyclic) bond motifs is 2. The molecule has 0 saturated heterocycles. The normalized spacial score (nSPS) is 14.0. The third kappa shape index (κ3) is 2.09. The van der Waals surface area contributed by atoms with E-state index in [1.165, 1.54) is 5.56 Å². The van der Waals surface area contributed by atoms with Gasteiger partial charge in [-0.05, 0) is 49.4 Å². The molecule has 5 nitrogen and oxygen atoms in total. The van der Waals surface area contributed by atoms with E-state index in [9.17, 15) is 4.79 Å². The maximum Gasteiger partial charge on any atom is 0.400 e. The van der Waals surface area contributed by atoms with Crippen LogP contribution >= 0.6 is 0 Å². The number of hydrogen-bond acceptors (Lipinski definition) is 4. The first kappa shape index (κ1) is 13.1. The van der Waals surface area contributed by atoms with Gasteiger partial charge >= 0.3 is 6.08 Å². The second-order valence-electron chi connectivity index (χ2n) is 5.60. The zero-order valence-electron chi connectivity index (χ0n) is 12.3. The number of nitrogens with zero attached hydrogens (tertiary/aromatic N) is 2. The smallest absolute Gasteiger partial charge is 0.400 e. The highest BCUT2D eigenvalue weighted by molar-refractivity contribution is 5.72. The van der Waals surface area contributed by atoms with Crippen molar-refractivity contribution in [1.82, 2.24) is 9.55 Å². The number of para-hydroxylation sites is 2. The first-order valence-electron chi connectivity index (χ1n) is 7.47. The van der Waals surface area contributed by atoms with E-state index in [-0.39, 0.29) is 17.4 Å². The van der Waals surface area contributed by atoms with Gasteiger partial charge in [0.05, 0.1) is 0 Å². The molecule has 3 aromatic rings. The van der Waals surface area contributed by atoms with Crippen molar-refractivity contribution in [3.63, 3.8) is 0 Å². The highest BCUT2D eigenvalue weighted by Gasteiger charge is 2.18. The average molecular weight is 296 g/mol. The monoisotopic (exact) mass is 296 g/mol. The van der Waals surface area contributed by atoms with Gasteiger partial charge in [0, 0.05) is 12.7 Å². The summed E-state index contributed by atoms with van der Waals surface area (Å²) in [5.41, 5.74) is 3.50. The maximum absolute atomic E-state index is 12.4. The van der Waals surface area contributed by atoms with Gasteiger partial charge in [0.1, 0.15) is 5.52 Å². The molecule has 0 N–H and O–H groups in total. The summed E-state index contributed by atoms with van der Waals surface area (Å²) >= 11 is 0. The van der Waals surface area contributed by atoms with Crippen LogP contribution in [-0.4, -0.2) is 9.55 Å². The largest absolute Gasteiger partial charge is 0.409 e. The Kier molecular flexibility index (Phi) is 2.99. The molecule has 0 aliphatic heterocycles. The fourth-order valence-electron chi connectivity index (χ4n) is 3.02. The zero-order valence-corrected chi connectivity index (χ0v) is 12.3. The highest BCUT2D eigenvalue weighted by Crippen LogP contribution is 2.27. The molecule has 1 aliphatic rings. The molecule has 0 atom stereocenters. The van der Waals surface area contributed by atoms with E-state index in [0.29, 0.717) is 11.1 Å². The van der Waals surface area contributed by atoms with Crippen LogP contribution in [-0.2, 0) is 19.9 Å². The van der Waals surface area contributed by atoms with E-state index >= 15 is 0 Å². The van der Waals surface area contributed by atoms with E-state index in [1.54, 1.807) is 11.6 Å². The number of benzene rings is 1. The van der Waals surface area contributed by atoms with Crippen molar-refractivity contribution >= 4 is 11.1 Å². The van der Waals surface area contributed by atoms with Crippen LogP contribution in [0.5, 0.6) is 11.8 Å². The van der Waals surface area contributed by atoms with Gasteiger partial charge in [0.2, 0.25) is 0 Å². The third-order valence-electron chi connectivity index (χ3n) is 4.18. The lowest BCUT2D eigenvalue weighted by Gasteiger charge is -2.19. The Balaban J connectivity index is 1.76. The van der Waals surface area contributed by atoms with Crippen molar-refractivity contribution in [2.75, 3.05) is 0 Å². The predicted molar refractivity (Wildman–Crippen MR) is 82.4 cm³/mol. The molecule has 112 valence electrons. The maximum atomic E-state index is 12.4. The Morgan fingerprint density at radius 3 is 2.91 bits per heavy atom. The van der Waals surface area contributed by atoms with Crippen LogP contribution in [0.1, 0.15) is 24.1 Å². The van der Waals surface area contributed by atoms with Crippen LogP contribution in [0.3, 0.4) is 0 Å². The first-order chi connectivity index (χ1) is 10.7. The van der Waals surface area contributed by atoms with Crippen LogP contribution < -0.4 is 10.3 Å². The minimum Gasteiger partial charge on any atom is -0.409 e. The minimum atomic E-state index is -0.150. The van der Waals surface area contributed by atoms with Crippen molar-refractivity contribution in [2.24, 2.45) is 7.05 Å². The summed E-state index contributed by atoms with van der Waals surface area (Å²) in [5, 5.41) is 0. The molecule has 22 heavy (non-hydrogen) atoms. The molecule has 2 aromatic heterocycles. The molecule has 5 heteroatoms. The Morgan fingerprint density at radius 2 is 2.05 bits per heavy atom. The van der Waals surface area contributed by atoms with E-state index in [4.69, 9.17) is 9.15 Å². The Morgan fingerprint density at radius 1 is 1.23 bits per heavy atom. The van der Waals surface area contributed by atoms with Crippen LogP contribution in [0.15, 0.2) is 39.5 Å². The summed E-state index contributed by atoms with van der Waals surface area (Å²) in [6.07, 6.45) is 4.31. The van der Waals surface area contributed by atoms with Crippen LogP contribution in [0, 0.1) is 0 Å². The number of oxazole rings is 1. The zero-order chi connectivity index (χ0) is 15.1. The van der Waals surface area contributed by atoms with Crippen LogP contribution in [0.4, 0.5) is 0 Å². The number of hydrogen-bond donors (Lipinski definition) is 0. The van der Waals surface area contributed by atoms with Crippen molar-refractivity contribution in [2.45, 2.75) is 25.7 Å². The second-order valence-corrected chi connectivity index (χ2v) is 5.60. The van der Waals surface area contributed by atoms with Crippen LogP contribution in [0.25, 0.3) is 11.1 Å². The highest BCUT2D eigenvalue weighted by atomic mass is 16.6. The molecule has 0 bridgehead atoms. The first-order valence-corrected chi connectivity index (χ1v) is 7.47. The fourth-order valence-corrected chi connectivity index (χ4v) is 3.02. The lowest BCUT2D eigenvalue weighted by Crippen LogP contribution is -2.25. The van der Waals surface area contributed by atoms with E-state index in [0.717, 1.165) is 31.4 Å². The Bertz CT molecular complexity index is 875. The van der Waals surface area contributed by atoms with Crippen LogP contribution in [0.2, 0.25) is 0 Å². The summed E-state index contributed by atoms with van der Waals surface area (Å²) in [5.74, 6) is 0.273. The van der Waals surface area contributed by atoms with Gasteiger partial charge in [-0.2, -0.15) is 4.98 Å². The van der Waals surface area contributed by atoms with Gasteiger partial charge < -0.3 is 13.7 Å². The SMILES string of the molecule is Cn1c2c(cc(Oc3nc4ccccc4o3)c1=O)CCCC2. The van der Waals surface area contributed by atoms with Gasteiger partial charge in [-0.25, -0.2) is 0 Å². The van der Waals surface area contributed by atoms with E-state index in [1.807, 2.05) is 30.3 Å². The van der Waals surface area contributed by atoms with E-state index < -0.39 is 0 Å². The Hall–Kier alpha value is -2.56. The molecule has 0 amide bonds. The minimum absolute atomic E-state index is 0.106. The van der Waals surface area contributed by atoms with Crippen molar-refractivity contribution in [3.8, 4) is 11.8 Å². The fraction of sp³-hybridized carbons (Fsp3) is 0.294.